The molecule has 0 aromatic heterocycles. The first-order chi connectivity index (χ1) is 14.1. The van der Waals surface area contributed by atoms with Crippen LogP contribution < -0.4 is 5.32 Å². The van der Waals surface area contributed by atoms with Crippen LogP contribution in [0.2, 0.25) is 0 Å². The summed E-state index contributed by atoms with van der Waals surface area (Å²) in [5.41, 5.74) is 2.32. The van der Waals surface area contributed by atoms with E-state index in [-0.39, 0.29) is 29.4 Å². The molecule has 30 heavy (non-hydrogen) atoms. The summed E-state index contributed by atoms with van der Waals surface area (Å²) in [4.78, 5) is 16.7. The summed E-state index contributed by atoms with van der Waals surface area (Å²) in [6, 6.07) is 0.536. The van der Waals surface area contributed by atoms with Crippen LogP contribution >= 0.6 is 0 Å². The molecule has 0 aliphatic carbocycles. The van der Waals surface area contributed by atoms with Crippen LogP contribution in [0.5, 0.6) is 0 Å². The molecular weight excluding hydrogens is 378 g/mol. The topological polar surface area (TPSA) is 76.0 Å². The molecule has 1 saturated heterocycles. The third-order valence-electron chi connectivity index (χ3n) is 7.22. The van der Waals surface area contributed by atoms with Gasteiger partial charge in [-0.3, -0.25) is 14.6 Å². The van der Waals surface area contributed by atoms with Crippen molar-refractivity contribution in [2.45, 2.75) is 104 Å². The van der Waals surface area contributed by atoms with Gasteiger partial charge in [0.1, 0.15) is 18.2 Å². The van der Waals surface area contributed by atoms with Gasteiger partial charge in [-0.1, -0.05) is 34.1 Å². The predicted molar refractivity (Wildman–Crippen MR) is 120 cm³/mol. The van der Waals surface area contributed by atoms with Gasteiger partial charge in [-0.05, 0) is 50.0 Å². The standard InChI is InChI=1S/C24H43N3O3/c1-6-7-20-18(16(2)28)14-19-21(25-20)10-13-27(23(19)30)17-8-11-26(12-9-17)22(29)15-24(3,4)5/h17-18,20,22-23,25,29-30H,6-15H2,1-5H3/t18-,20+,22?,23-/m1/s1. The van der Waals surface area contributed by atoms with Crippen molar-refractivity contribution in [3.05, 3.63) is 11.3 Å². The zero-order chi connectivity index (χ0) is 22.1. The summed E-state index contributed by atoms with van der Waals surface area (Å²) in [6.07, 6.45) is 5.37. The Bertz CT molecular complexity index is 634. The van der Waals surface area contributed by atoms with Crippen molar-refractivity contribution in [1.82, 2.24) is 15.1 Å². The van der Waals surface area contributed by atoms with E-state index in [2.05, 4.69) is 42.8 Å². The van der Waals surface area contributed by atoms with E-state index in [9.17, 15) is 15.0 Å². The van der Waals surface area contributed by atoms with E-state index < -0.39 is 6.23 Å². The quantitative estimate of drug-likeness (QED) is 0.612. The van der Waals surface area contributed by atoms with Crippen LogP contribution in [-0.2, 0) is 4.79 Å². The molecule has 0 aromatic carbocycles. The van der Waals surface area contributed by atoms with E-state index in [1.54, 1.807) is 6.92 Å². The largest absolute Gasteiger partial charge is 0.385 e. The molecule has 6 heteroatoms. The maximum atomic E-state index is 12.3. The molecule has 1 fully saturated rings. The van der Waals surface area contributed by atoms with Crippen LogP contribution in [0.25, 0.3) is 0 Å². The first-order valence-corrected chi connectivity index (χ1v) is 12.0. The highest BCUT2D eigenvalue weighted by Gasteiger charge is 2.41. The van der Waals surface area contributed by atoms with Gasteiger partial charge < -0.3 is 15.5 Å². The summed E-state index contributed by atoms with van der Waals surface area (Å²) in [6.45, 7) is 12.9. The van der Waals surface area contributed by atoms with Crippen LogP contribution in [0.15, 0.2) is 11.3 Å². The van der Waals surface area contributed by atoms with E-state index >= 15 is 0 Å². The maximum Gasteiger partial charge on any atom is 0.135 e. The number of rotatable bonds is 6. The Morgan fingerprint density at radius 3 is 2.47 bits per heavy atom. The normalized spacial score (nSPS) is 30.7. The number of likely N-dealkylation sites (tertiary alicyclic amines) is 1. The smallest absolute Gasteiger partial charge is 0.135 e. The Balaban J connectivity index is 1.62. The van der Waals surface area contributed by atoms with E-state index in [1.807, 2.05) is 0 Å². The second kappa shape index (κ2) is 9.68. The highest BCUT2D eigenvalue weighted by molar-refractivity contribution is 5.79. The van der Waals surface area contributed by atoms with Crippen LogP contribution in [-0.4, -0.2) is 70.0 Å². The van der Waals surface area contributed by atoms with E-state index in [0.717, 1.165) is 63.7 Å². The number of aliphatic hydroxyl groups is 2. The highest BCUT2D eigenvalue weighted by Crippen LogP contribution is 2.36. The molecule has 3 aliphatic rings. The lowest BCUT2D eigenvalue weighted by Gasteiger charge is -2.47. The highest BCUT2D eigenvalue weighted by atomic mass is 16.3. The van der Waals surface area contributed by atoms with Crippen LogP contribution in [0, 0.1) is 11.3 Å². The Morgan fingerprint density at radius 1 is 1.23 bits per heavy atom. The molecule has 4 atom stereocenters. The van der Waals surface area contributed by atoms with Crippen molar-refractivity contribution in [2.75, 3.05) is 19.6 Å². The number of nitrogens with zero attached hydrogens (tertiary/aromatic N) is 2. The van der Waals surface area contributed by atoms with Gasteiger partial charge in [-0.25, -0.2) is 0 Å². The molecule has 3 rings (SSSR count). The summed E-state index contributed by atoms with van der Waals surface area (Å²) in [7, 11) is 0. The minimum absolute atomic E-state index is 0.0345. The minimum Gasteiger partial charge on any atom is -0.385 e. The van der Waals surface area contributed by atoms with Gasteiger partial charge in [0.05, 0.1) is 0 Å². The molecule has 0 aromatic rings. The number of ketones is 1. The lowest BCUT2D eigenvalue weighted by molar-refractivity contribution is -0.122. The van der Waals surface area contributed by atoms with Gasteiger partial charge in [0, 0.05) is 49.8 Å². The van der Waals surface area contributed by atoms with Crippen molar-refractivity contribution >= 4 is 5.78 Å². The molecule has 172 valence electrons. The molecule has 3 aliphatic heterocycles. The molecule has 1 unspecified atom stereocenters. The van der Waals surface area contributed by atoms with Gasteiger partial charge >= 0.3 is 0 Å². The number of nitrogens with one attached hydrogen (secondary N) is 1. The summed E-state index contributed by atoms with van der Waals surface area (Å²) >= 11 is 0. The van der Waals surface area contributed by atoms with Crippen LogP contribution in [0.3, 0.4) is 0 Å². The zero-order valence-corrected chi connectivity index (χ0v) is 19.7. The monoisotopic (exact) mass is 421 g/mol. The van der Waals surface area contributed by atoms with Crippen LogP contribution in [0.4, 0.5) is 0 Å². The number of piperidine rings is 1. The number of carbonyl (C=O) groups excluding carboxylic acids is 1. The fourth-order valence-electron chi connectivity index (χ4n) is 5.56. The second-order valence-electron chi connectivity index (χ2n) is 10.8. The van der Waals surface area contributed by atoms with Gasteiger partial charge in [-0.15, -0.1) is 0 Å². The van der Waals surface area contributed by atoms with Crippen molar-refractivity contribution in [3.63, 3.8) is 0 Å². The lowest BCUT2D eigenvalue weighted by atomic mass is 9.80. The average molecular weight is 422 g/mol. The molecule has 3 N–H and O–H groups in total. The Morgan fingerprint density at radius 2 is 1.90 bits per heavy atom. The number of hydrogen-bond donors (Lipinski definition) is 3. The van der Waals surface area contributed by atoms with E-state index in [0.29, 0.717) is 12.5 Å². The minimum atomic E-state index is -0.596. The van der Waals surface area contributed by atoms with Gasteiger partial charge in [-0.2, -0.15) is 0 Å². The fourth-order valence-corrected chi connectivity index (χ4v) is 5.56. The maximum absolute atomic E-state index is 12.3. The number of Topliss-reactive ketones (excluding diaryl/α,β-unsaturated/α-hetero) is 1. The first kappa shape index (κ1) is 23.7. The Kier molecular flexibility index (Phi) is 7.65. The second-order valence-corrected chi connectivity index (χ2v) is 10.8. The van der Waals surface area contributed by atoms with Gasteiger partial charge in [0.25, 0.3) is 0 Å². The molecule has 3 heterocycles. The first-order valence-electron chi connectivity index (χ1n) is 12.0. The van der Waals surface area contributed by atoms with Gasteiger partial charge in [0.15, 0.2) is 0 Å². The third kappa shape index (κ3) is 5.45. The molecule has 0 spiro atoms. The van der Waals surface area contributed by atoms with E-state index in [4.69, 9.17) is 0 Å². The molecule has 0 radical (unpaired) electrons. The molecule has 0 bridgehead atoms. The Hall–Kier alpha value is -0.950. The average Bonchev–Trinajstić information content (AvgIpc) is 2.67. The summed E-state index contributed by atoms with van der Waals surface area (Å²) in [5, 5.41) is 25.4. The molecule has 6 nitrogen and oxygen atoms in total. The third-order valence-corrected chi connectivity index (χ3v) is 7.22. The van der Waals surface area contributed by atoms with Crippen molar-refractivity contribution in [2.24, 2.45) is 11.3 Å². The number of hydrogen-bond acceptors (Lipinski definition) is 6. The van der Waals surface area contributed by atoms with E-state index in [1.165, 1.54) is 5.70 Å². The molecular formula is C24H43N3O3. The van der Waals surface area contributed by atoms with Crippen molar-refractivity contribution in [3.8, 4) is 0 Å². The van der Waals surface area contributed by atoms with Crippen LogP contribution in [0.1, 0.15) is 79.6 Å². The zero-order valence-electron chi connectivity index (χ0n) is 19.7. The lowest BCUT2D eigenvalue weighted by Crippen LogP contribution is -2.56. The SMILES string of the molecule is CCC[C@@H]1NC2=C(C[C@@H]1C(C)=O)[C@@H](O)N(C1CCN(C(O)CC(C)(C)C)CC1)CC2. The molecule has 0 amide bonds. The van der Waals surface area contributed by atoms with Gasteiger partial charge in [0.2, 0.25) is 0 Å². The number of aliphatic hydroxyl groups excluding tert-OH is 2. The predicted octanol–water partition coefficient (Wildman–Crippen LogP) is 2.85. The number of carbonyl (C=O) groups is 1. The summed E-state index contributed by atoms with van der Waals surface area (Å²) < 4.78 is 0. The van der Waals surface area contributed by atoms with Crippen molar-refractivity contribution < 1.29 is 15.0 Å². The Labute approximate surface area is 182 Å². The molecule has 0 saturated carbocycles. The summed E-state index contributed by atoms with van der Waals surface area (Å²) in [5.74, 6) is 0.186. The fraction of sp³-hybridized carbons (Fsp3) is 0.875. The van der Waals surface area contributed by atoms with Crippen molar-refractivity contribution in [1.29, 1.82) is 0 Å².